The number of rotatable bonds is 5. The zero-order valence-electron chi connectivity index (χ0n) is 20.6. The van der Waals surface area contributed by atoms with E-state index < -0.39 is 34.6 Å². The Kier molecular flexibility index (Phi) is 7.63. The highest BCUT2D eigenvalue weighted by Crippen LogP contribution is 2.37. The molecule has 2 aromatic rings. The van der Waals surface area contributed by atoms with Crippen LogP contribution in [0.25, 0.3) is 6.08 Å². The number of benzene rings is 2. The number of likely N-dealkylation sites (tertiary alicyclic amines) is 1. The molecular weight excluding hydrogens is 485 g/mol. The average Bonchev–Trinajstić information content (AvgIpc) is 3.16. The number of carbonyl (C=O) groups is 2. The minimum atomic E-state index is -1.92. The summed E-state index contributed by atoms with van der Waals surface area (Å²) in [5, 5.41) is 0. The molecule has 0 aliphatic carbocycles. The van der Waals surface area contributed by atoms with Gasteiger partial charge >= 0.3 is 6.09 Å². The molecule has 192 valence electrons. The van der Waals surface area contributed by atoms with Gasteiger partial charge in [0.15, 0.2) is 5.82 Å². The second-order valence-electron chi connectivity index (χ2n) is 9.71. The number of amides is 2. The monoisotopic (exact) mass is 515 g/mol. The zero-order valence-corrected chi connectivity index (χ0v) is 21.4. The van der Waals surface area contributed by atoms with Crippen LogP contribution in [0, 0.1) is 5.82 Å². The van der Waals surface area contributed by atoms with Gasteiger partial charge in [-0.2, -0.15) is 0 Å². The average molecular weight is 516 g/mol. The van der Waals surface area contributed by atoms with Gasteiger partial charge < -0.3 is 14.4 Å². The quantitative estimate of drug-likeness (QED) is 0.640. The number of hydrogen-bond acceptors (Lipinski definition) is 5. The molecule has 0 spiro atoms. The molecule has 2 fully saturated rings. The Hall–Kier alpha value is -3.40. The zero-order chi connectivity index (χ0) is 25.9. The molecule has 1 unspecified atom stereocenters. The minimum absolute atomic E-state index is 0.0447. The van der Waals surface area contributed by atoms with Gasteiger partial charge in [-0.05, 0) is 56.9 Å². The standard InChI is InChI=1S/C26H30FN3O5S/c1-26(2,3)35-25(32)29-13-7-10-19(15-29)14-20-11-12-21(34-17-18-8-5-4-6-9-18)24(23(20)27)30-16-22(31)28-36(30)33/h4-6,8-9,11-12,14H,7,10,13,15-17H2,1-3H3,(H,28,31)/b19-14+. The van der Waals surface area contributed by atoms with Crippen LogP contribution in [0.3, 0.4) is 0 Å². The summed E-state index contributed by atoms with van der Waals surface area (Å²) >= 11 is -1.92. The van der Waals surface area contributed by atoms with Crippen molar-refractivity contribution in [3.63, 3.8) is 0 Å². The van der Waals surface area contributed by atoms with E-state index in [9.17, 15) is 13.8 Å². The fraction of sp³-hybridized carbons (Fsp3) is 0.385. The van der Waals surface area contributed by atoms with Crippen LogP contribution in [-0.2, 0) is 27.3 Å². The van der Waals surface area contributed by atoms with Crippen molar-refractivity contribution in [3.05, 3.63) is 65.0 Å². The van der Waals surface area contributed by atoms with Gasteiger partial charge in [0.25, 0.3) is 5.91 Å². The van der Waals surface area contributed by atoms with Crippen molar-refractivity contribution in [2.45, 2.75) is 45.8 Å². The predicted octanol–water partition coefficient (Wildman–Crippen LogP) is 4.33. The van der Waals surface area contributed by atoms with Gasteiger partial charge in [-0.1, -0.05) is 36.4 Å². The fourth-order valence-corrected chi connectivity index (χ4v) is 4.95. The number of nitrogens with zero attached hydrogens (tertiary/aromatic N) is 2. The van der Waals surface area contributed by atoms with E-state index in [0.29, 0.717) is 19.5 Å². The number of nitrogens with one attached hydrogen (secondary N) is 1. The van der Waals surface area contributed by atoms with Crippen molar-refractivity contribution in [3.8, 4) is 5.75 Å². The summed E-state index contributed by atoms with van der Waals surface area (Å²) < 4.78 is 43.2. The van der Waals surface area contributed by atoms with E-state index in [0.717, 1.165) is 21.9 Å². The molecule has 0 saturated carbocycles. The summed E-state index contributed by atoms with van der Waals surface area (Å²) in [6.45, 7) is 6.25. The van der Waals surface area contributed by atoms with E-state index in [1.54, 1.807) is 23.1 Å². The number of piperidine rings is 1. The van der Waals surface area contributed by atoms with Gasteiger partial charge in [0.1, 0.15) is 30.2 Å². The van der Waals surface area contributed by atoms with Crippen LogP contribution in [0.2, 0.25) is 0 Å². The molecule has 8 nitrogen and oxygen atoms in total. The van der Waals surface area contributed by atoms with E-state index in [1.807, 2.05) is 51.1 Å². The third kappa shape index (κ3) is 6.23. The highest BCUT2D eigenvalue weighted by atomic mass is 32.2. The van der Waals surface area contributed by atoms with Gasteiger partial charge in [0, 0.05) is 18.7 Å². The molecule has 2 aromatic carbocycles. The lowest BCUT2D eigenvalue weighted by atomic mass is 10.0. The second-order valence-corrected chi connectivity index (χ2v) is 10.9. The number of halogens is 1. The van der Waals surface area contributed by atoms with E-state index in [1.165, 1.54) is 0 Å². The van der Waals surface area contributed by atoms with Crippen LogP contribution >= 0.6 is 0 Å². The number of ether oxygens (including phenoxy) is 2. The maximum atomic E-state index is 15.9. The Labute approximate surface area is 212 Å². The Bertz CT molecular complexity index is 1200. The first-order chi connectivity index (χ1) is 17.1. The maximum absolute atomic E-state index is 15.9. The molecule has 0 bridgehead atoms. The number of anilines is 1. The molecule has 0 radical (unpaired) electrons. The van der Waals surface area contributed by atoms with Crippen LogP contribution in [-0.4, -0.2) is 46.3 Å². The largest absolute Gasteiger partial charge is 0.487 e. The summed E-state index contributed by atoms with van der Waals surface area (Å²) in [6.07, 6.45) is 2.73. The van der Waals surface area contributed by atoms with Gasteiger partial charge in [-0.25, -0.2) is 13.4 Å². The molecule has 4 rings (SSSR count). The third-order valence-corrected chi connectivity index (χ3v) is 6.73. The third-order valence-electron chi connectivity index (χ3n) is 5.62. The second kappa shape index (κ2) is 10.7. The SMILES string of the molecule is CC(C)(C)OC(=O)N1CCC/C(=C\c2ccc(OCc3ccccc3)c(N3CC(=O)NS3=O)c2F)C1. The number of hydrogen-bond donors (Lipinski definition) is 1. The number of carbonyl (C=O) groups excluding carboxylic acids is 2. The lowest BCUT2D eigenvalue weighted by molar-refractivity contribution is -0.117. The van der Waals surface area contributed by atoms with Crippen molar-refractivity contribution >= 4 is 34.9 Å². The first kappa shape index (κ1) is 25.7. The summed E-state index contributed by atoms with van der Waals surface area (Å²) in [6, 6.07) is 12.6. The first-order valence-electron chi connectivity index (χ1n) is 11.8. The lowest BCUT2D eigenvalue weighted by Gasteiger charge is -2.31. The van der Waals surface area contributed by atoms with Crippen molar-refractivity contribution in [2.75, 3.05) is 23.9 Å². The molecule has 2 aliphatic heterocycles. The maximum Gasteiger partial charge on any atom is 0.410 e. The Morgan fingerprint density at radius 3 is 2.58 bits per heavy atom. The molecule has 0 aromatic heterocycles. The molecule has 36 heavy (non-hydrogen) atoms. The normalized spacial score (nSPS) is 19.4. The highest BCUT2D eigenvalue weighted by molar-refractivity contribution is 7.85. The fourth-order valence-electron chi connectivity index (χ4n) is 4.01. The van der Waals surface area contributed by atoms with Crippen LogP contribution in [0.1, 0.15) is 44.7 Å². The van der Waals surface area contributed by atoms with Crippen LogP contribution in [0.15, 0.2) is 48.0 Å². The van der Waals surface area contributed by atoms with Crippen molar-refractivity contribution in [2.24, 2.45) is 0 Å². The van der Waals surface area contributed by atoms with Crippen LogP contribution < -0.4 is 13.8 Å². The van der Waals surface area contributed by atoms with E-state index in [-0.39, 0.29) is 30.2 Å². The van der Waals surface area contributed by atoms with Crippen molar-refractivity contribution < 1.29 is 27.7 Å². The topological polar surface area (TPSA) is 88.2 Å². The highest BCUT2D eigenvalue weighted by Gasteiger charge is 2.33. The Morgan fingerprint density at radius 2 is 1.92 bits per heavy atom. The smallest absolute Gasteiger partial charge is 0.410 e. The van der Waals surface area contributed by atoms with Crippen molar-refractivity contribution in [1.29, 1.82) is 0 Å². The summed E-state index contributed by atoms with van der Waals surface area (Å²) in [5.41, 5.74) is 1.36. The van der Waals surface area contributed by atoms with Gasteiger partial charge in [-0.15, -0.1) is 0 Å². The van der Waals surface area contributed by atoms with Crippen molar-refractivity contribution in [1.82, 2.24) is 9.62 Å². The van der Waals surface area contributed by atoms with Gasteiger partial charge in [0.05, 0.1) is 0 Å². The van der Waals surface area contributed by atoms with Crippen LogP contribution in [0.4, 0.5) is 14.9 Å². The molecule has 2 aliphatic rings. The summed E-state index contributed by atoms with van der Waals surface area (Å²) in [4.78, 5) is 26.0. The molecule has 1 N–H and O–H groups in total. The summed E-state index contributed by atoms with van der Waals surface area (Å²) in [5.74, 6) is -0.930. The summed E-state index contributed by atoms with van der Waals surface area (Å²) in [7, 11) is 0. The predicted molar refractivity (Wildman–Crippen MR) is 136 cm³/mol. The molecule has 2 saturated heterocycles. The first-order valence-corrected chi connectivity index (χ1v) is 12.9. The molecule has 2 heterocycles. The molecule has 1 atom stereocenters. The minimum Gasteiger partial charge on any atom is -0.487 e. The van der Waals surface area contributed by atoms with Crippen LogP contribution in [0.5, 0.6) is 5.75 Å². The van der Waals surface area contributed by atoms with E-state index >= 15 is 4.39 Å². The van der Waals surface area contributed by atoms with Gasteiger partial charge in [-0.3, -0.25) is 13.8 Å². The lowest BCUT2D eigenvalue weighted by Crippen LogP contribution is -2.40. The van der Waals surface area contributed by atoms with Gasteiger partial charge in [0.2, 0.25) is 11.2 Å². The molecule has 2 amide bonds. The Balaban J connectivity index is 1.62. The van der Waals surface area contributed by atoms with E-state index in [2.05, 4.69) is 4.72 Å². The Morgan fingerprint density at radius 1 is 1.17 bits per heavy atom. The molecular formula is C26H30FN3O5S. The molecule has 10 heteroatoms. The van der Waals surface area contributed by atoms with E-state index in [4.69, 9.17) is 9.47 Å².